The number of rotatable bonds is 6. The minimum atomic E-state index is -0.630. The fraction of sp³-hybridized carbons (Fsp3) is 0.0500. The third-order valence-electron chi connectivity index (χ3n) is 3.88. The Kier molecular flexibility index (Phi) is 5.71. The van der Waals surface area contributed by atoms with Crippen LogP contribution in [0.5, 0.6) is 0 Å². The van der Waals surface area contributed by atoms with E-state index in [1.807, 2.05) is 60.7 Å². The first kappa shape index (κ1) is 18.7. The molecule has 3 rings (SSSR count). The number of carbonyl (C=O) groups is 1. The third kappa shape index (κ3) is 4.55. The van der Waals surface area contributed by atoms with Gasteiger partial charge in [0.05, 0.1) is 16.8 Å². The van der Waals surface area contributed by atoms with E-state index >= 15 is 0 Å². The molecule has 1 N–H and O–H groups in total. The van der Waals surface area contributed by atoms with Crippen molar-refractivity contribution in [2.75, 3.05) is 0 Å². The summed E-state index contributed by atoms with van der Waals surface area (Å²) < 4.78 is 0.966. The Bertz CT molecular complexity index is 1030. The topological polar surface area (TPSA) is 107 Å². The molecule has 8 nitrogen and oxygen atoms in total. The molecule has 0 aliphatic rings. The van der Waals surface area contributed by atoms with Gasteiger partial charge < -0.3 is 0 Å². The maximum Gasteiger partial charge on any atom is 0.285 e. The largest absolute Gasteiger partial charge is 0.299 e. The number of aromatic nitrogens is 1. The van der Waals surface area contributed by atoms with Gasteiger partial charge in [0.1, 0.15) is 6.54 Å². The van der Waals surface area contributed by atoms with Gasteiger partial charge in [-0.1, -0.05) is 60.7 Å². The van der Waals surface area contributed by atoms with Gasteiger partial charge >= 0.3 is 0 Å². The van der Waals surface area contributed by atoms with Crippen LogP contribution in [0.3, 0.4) is 0 Å². The number of pyridine rings is 1. The summed E-state index contributed by atoms with van der Waals surface area (Å²) in [6, 6.07) is 20.8. The summed E-state index contributed by atoms with van der Waals surface area (Å²) in [5.41, 5.74) is 3.80. The number of carbonyl (C=O) groups excluding carboxylic acids is 1. The highest BCUT2D eigenvalue weighted by atomic mass is 16.6. The van der Waals surface area contributed by atoms with Crippen LogP contribution in [0.15, 0.2) is 88.9 Å². The standard InChI is InChI=1S/C20H16N4O4/c25-18(14-23-13-17(24(27)28)11-12-19(23)26)21-22-20(15-7-3-1-4-8-15)16-9-5-2-6-10-16/h1-13H,14H2,(H,21,25). The molecule has 0 unspecified atom stereocenters. The first-order valence-electron chi connectivity index (χ1n) is 8.37. The molecule has 0 aliphatic heterocycles. The molecule has 0 fully saturated rings. The second kappa shape index (κ2) is 8.54. The van der Waals surface area contributed by atoms with E-state index in [0.29, 0.717) is 5.71 Å². The minimum absolute atomic E-state index is 0.273. The van der Waals surface area contributed by atoms with E-state index in [0.717, 1.165) is 34.0 Å². The summed E-state index contributed by atoms with van der Waals surface area (Å²) in [6.45, 7) is -0.388. The molecule has 0 bridgehead atoms. The number of nitro groups is 1. The highest BCUT2D eigenvalue weighted by Crippen LogP contribution is 2.10. The molecular weight excluding hydrogens is 360 g/mol. The summed E-state index contributed by atoms with van der Waals surface area (Å²) in [5, 5.41) is 15.1. The predicted molar refractivity (Wildman–Crippen MR) is 104 cm³/mol. The number of benzene rings is 2. The molecule has 1 heterocycles. The zero-order valence-corrected chi connectivity index (χ0v) is 14.7. The Hall–Kier alpha value is -4.07. The van der Waals surface area contributed by atoms with E-state index in [1.165, 1.54) is 0 Å². The molecule has 0 spiro atoms. The van der Waals surface area contributed by atoms with Gasteiger partial charge in [0.15, 0.2) is 0 Å². The van der Waals surface area contributed by atoms with E-state index in [4.69, 9.17) is 0 Å². The molecule has 0 radical (unpaired) electrons. The van der Waals surface area contributed by atoms with E-state index in [9.17, 15) is 19.7 Å². The van der Waals surface area contributed by atoms with Crippen molar-refractivity contribution in [3.05, 3.63) is 111 Å². The average molecular weight is 376 g/mol. The van der Waals surface area contributed by atoms with Crippen molar-refractivity contribution >= 4 is 17.3 Å². The van der Waals surface area contributed by atoms with Crippen LogP contribution >= 0.6 is 0 Å². The molecule has 28 heavy (non-hydrogen) atoms. The van der Waals surface area contributed by atoms with Crippen LogP contribution in [0.25, 0.3) is 0 Å². The lowest BCUT2D eigenvalue weighted by atomic mass is 10.0. The van der Waals surface area contributed by atoms with Gasteiger partial charge in [-0.2, -0.15) is 5.10 Å². The van der Waals surface area contributed by atoms with E-state index in [2.05, 4.69) is 10.5 Å². The quantitative estimate of drug-likeness (QED) is 0.405. The second-order valence-corrected chi connectivity index (χ2v) is 5.84. The Morgan fingerprint density at radius 2 is 1.54 bits per heavy atom. The first-order chi connectivity index (χ1) is 13.5. The Balaban J connectivity index is 1.84. The highest BCUT2D eigenvalue weighted by Gasteiger charge is 2.11. The Morgan fingerprint density at radius 1 is 0.964 bits per heavy atom. The van der Waals surface area contributed by atoms with Gasteiger partial charge in [-0.3, -0.25) is 24.3 Å². The van der Waals surface area contributed by atoms with E-state index < -0.39 is 16.4 Å². The summed E-state index contributed by atoms with van der Waals surface area (Å²) in [7, 11) is 0. The van der Waals surface area contributed by atoms with Gasteiger partial charge in [-0.25, -0.2) is 5.43 Å². The number of nitrogens with zero attached hydrogens (tertiary/aromatic N) is 3. The lowest BCUT2D eigenvalue weighted by Gasteiger charge is -2.08. The van der Waals surface area contributed by atoms with Crippen LogP contribution in [-0.2, 0) is 11.3 Å². The van der Waals surface area contributed by atoms with Crippen molar-refractivity contribution in [1.82, 2.24) is 9.99 Å². The van der Waals surface area contributed by atoms with E-state index in [1.54, 1.807) is 0 Å². The van der Waals surface area contributed by atoms with Gasteiger partial charge in [0.2, 0.25) is 0 Å². The lowest BCUT2D eigenvalue weighted by Crippen LogP contribution is -2.30. The Morgan fingerprint density at radius 3 is 2.07 bits per heavy atom. The fourth-order valence-electron chi connectivity index (χ4n) is 2.55. The van der Waals surface area contributed by atoms with Gasteiger partial charge in [0.25, 0.3) is 17.2 Å². The third-order valence-corrected chi connectivity index (χ3v) is 3.88. The maximum atomic E-state index is 12.3. The van der Waals surface area contributed by atoms with Crippen molar-refractivity contribution in [1.29, 1.82) is 0 Å². The van der Waals surface area contributed by atoms with Crippen LogP contribution in [0.4, 0.5) is 5.69 Å². The molecular formula is C20H16N4O4. The lowest BCUT2D eigenvalue weighted by molar-refractivity contribution is -0.385. The summed E-state index contributed by atoms with van der Waals surface area (Å²) in [5.74, 6) is -0.577. The zero-order chi connectivity index (χ0) is 19.9. The molecule has 0 saturated heterocycles. The van der Waals surface area contributed by atoms with Crippen molar-refractivity contribution in [3.63, 3.8) is 0 Å². The van der Waals surface area contributed by atoms with Crippen molar-refractivity contribution < 1.29 is 9.72 Å². The van der Waals surface area contributed by atoms with Crippen molar-refractivity contribution in [2.45, 2.75) is 6.54 Å². The van der Waals surface area contributed by atoms with Gasteiger partial charge in [-0.05, 0) is 0 Å². The van der Waals surface area contributed by atoms with Gasteiger partial charge in [0, 0.05) is 23.3 Å². The molecule has 1 amide bonds. The Labute approximate surface area is 159 Å². The van der Waals surface area contributed by atoms with Crippen LogP contribution < -0.4 is 11.0 Å². The summed E-state index contributed by atoms with van der Waals surface area (Å²) in [6.07, 6.45) is 1.03. The SMILES string of the molecule is O=C(Cn1cc([N+](=O)[O-])ccc1=O)NN=C(c1ccccc1)c1ccccc1. The molecule has 140 valence electrons. The first-order valence-corrected chi connectivity index (χ1v) is 8.37. The summed E-state index contributed by atoms with van der Waals surface area (Å²) >= 11 is 0. The smallest absolute Gasteiger partial charge is 0.285 e. The van der Waals surface area contributed by atoms with Gasteiger partial charge in [-0.15, -0.1) is 0 Å². The van der Waals surface area contributed by atoms with Crippen molar-refractivity contribution in [3.8, 4) is 0 Å². The number of hydrogen-bond acceptors (Lipinski definition) is 5. The molecule has 0 saturated carbocycles. The van der Waals surface area contributed by atoms with E-state index in [-0.39, 0.29) is 12.2 Å². The monoisotopic (exact) mass is 376 g/mol. The molecule has 8 heteroatoms. The number of hydrazone groups is 1. The minimum Gasteiger partial charge on any atom is -0.299 e. The zero-order valence-electron chi connectivity index (χ0n) is 14.7. The molecule has 0 aliphatic carbocycles. The fourth-order valence-corrected chi connectivity index (χ4v) is 2.55. The normalized spacial score (nSPS) is 10.1. The predicted octanol–water partition coefficient (Wildman–Crippen LogP) is 2.33. The number of nitrogens with one attached hydrogen (secondary N) is 1. The summed E-state index contributed by atoms with van der Waals surface area (Å²) in [4.78, 5) is 34.3. The van der Waals surface area contributed by atoms with Crippen LogP contribution in [0, 0.1) is 10.1 Å². The molecule has 0 atom stereocenters. The van der Waals surface area contributed by atoms with Crippen LogP contribution in [0.1, 0.15) is 11.1 Å². The molecule has 3 aromatic rings. The maximum absolute atomic E-state index is 12.3. The number of hydrogen-bond donors (Lipinski definition) is 1. The van der Waals surface area contributed by atoms with Crippen LogP contribution in [0.2, 0.25) is 0 Å². The number of amides is 1. The molecule has 1 aromatic heterocycles. The highest BCUT2D eigenvalue weighted by molar-refractivity contribution is 6.13. The van der Waals surface area contributed by atoms with Crippen LogP contribution in [-0.4, -0.2) is 21.1 Å². The molecule has 2 aromatic carbocycles. The second-order valence-electron chi connectivity index (χ2n) is 5.84. The van der Waals surface area contributed by atoms with Crippen molar-refractivity contribution in [2.24, 2.45) is 5.10 Å². The average Bonchev–Trinajstić information content (AvgIpc) is 2.71.